The smallest absolute Gasteiger partial charge is 0.303 e. The SMILES string of the molecule is COc1ccc2c(c1)C1CC1(C(=O)N1CCC(c3nncn3C)CC1)Cn1c-2c(C2CCCCC2)c2ccc(C(=O)NS(=O)(=O)N(C)C)cc21. The first-order chi connectivity index (χ1) is 24.0. The maximum Gasteiger partial charge on any atom is 0.303 e. The van der Waals surface area contributed by atoms with Crippen LogP contribution in [0.25, 0.3) is 22.2 Å². The molecule has 2 aromatic carbocycles. The molecule has 264 valence electrons. The van der Waals surface area contributed by atoms with Crippen molar-refractivity contribution in [2.75, 3.05) is 34.3 Å². The van der Waals surface area contributed by atoms with Crippen molar-refractivity contribution in [1.82, 2.24) is 33.3 Å². The number of piperidine rings is 1. The number of nitrogens with zero attached hydrogens (tertiary/aromatic N) is 6. The van der Waals surface area contributed by atoms with Crippen LogP contribution >= 0.6 is 0 Å². The summed E-state index contributed by atoms with van der Waals surface area (Å²) < 4.78 is 38.4. The molecule has 2 aromatic heterocycles. The van der Waals surface area contributed by atoms with Gasteiger partial charge < -0.3 is 18.8 Å². The molecule has 12 nitrogen and oxygen atoms in total. The molecule has 13 heteroatoms. The zero-order valence-corrected chi connectivity index (χ0v) is 30.0. The number of fused-ring (bicyclic) bond motifs is 7. The van der Waals surface area contributed by atoms with Gasteiger partial charge in [-0.05, 0) is 79.5 Å². The van der Waals surface area contributed by atoms with Gasteiger partial charge in [0.2, 0.25) is 5.91 Å². The predicted octanol–water partition coefficient (Wildman–Crippen LogP) is 4.92. The summed E-state index contributed by atoms with van der Waals surface area (Å²) in [5.41, 5.74) is 5.11. The second-order valence-corrected chi connectivity index (χ2v) is 16.8. The Labute approximate surface area is 293 Å². The van der Waals surface area contributed by atoms with Crippen LogP contribution in [-0.2, 0) is 28.6 Å². The Morgan fingerprint density at radius 3 is 2.44 bits per heavy atom. The van der Waals surface area contributed by atoms with E-state index in [1.54, 1.807) is 19.5 Å². The summed E-state index contributed by atoms with van der Waals surface area (Å²) in [6.45, 7) is 1.80. The first-order valence-electron chi connectivity index (χ1n) is 17.7. The van der Waals surface area contributed by atoms with Gasteiger partial charge in [0.1, 0.15) is 17.9 Å². The number of hydrogen-bond donors (Lipinski definition) is 1. The minimum absolute atomic E-state index is 0.0300. The number of hydrogen-bond acceptors (Lipinski definition) is 7. The maximum atomic E-state index is 14.9. The van der Waals surface area contributed by atoms with E-state index in [1.165, 1.54) is 26.1 Å². The van der Waals surface area contributed by atoms with Crippen LogP contribution in [0.1, 0.15) is 96.4 Å². The quantitative estimate of drug-likeness (QED) is 0.290. The highest BCUT2D eigenvalue weighted by atomic mass is 32.2. The summed E-state index contributed by atoms with van der Waals surface area (Å²) in [5, 5.41) is 9.48. The van der Waals surface area contributed by atoms with E-state index in [2.05, 4.69) is 36.5 Å². The van der Waals surface area contributed by atoms with E-state index >= 15 is 0 Å². The van der Waals surface area contributed by atoms with E-state index in [1.807, 2.05) is 29.8 Å². The van der Waals surface area contributed by atoms with Crippen LogP contribution in [0.2, 0.25) is 0 Å². The fraction of sp³-hybridized carbons (Fsp3) is 0.514. The molecule has 2 aliphatic carbocycles. The molecule has 0 spiro atoms. The van der Waals surface area contributed by atoms with Crippen LogP contribution in [0.5, 0.6) is 5.75 Å². The van der Waals surface area contributed by atoms with Crippen LogP contribution in [0.4, 0.5) is 0 Å². The van der Waals surface area contributed by atoms with Crippen LogP contribution in [-0.4, -0.2) is 83.1 Å². The number of aromatic nitrogens is 4. The summed E-state index contributed by atoms with van der Waals surface area (Å²) in [4.78, 5) is 30.3. The van der Waals surface area contributed by atoms with Crippen LogP contribution in [0.3, 0.4) is 0 Å². The third kappa shape index (κ3) is 5.31. The number of carbonyl (C=O) groups excluding carboxylic acids is 2. The Kier molecular flexibility index (Phi) is 8.05. The van der Waals surface area contributed by atoms with Gasteiger partial charge in [-0.3, -0.25) is 9.59 Å². The Bertz CT molecular complexity index is 2110. The Morgan fingerprint density at radius 2 is 1.76 bits per heavy atom. The normalized spacial score (nSPS) is 22.5. The highest BCUT2D eigenvalue weighted by molar-refractivity contribution is 7.87. The molecular formula is C37H45N7O5S. The van der Waals surface area contributed by atoms with Gasteiger partial charge in [-0.25, -0.2) is 4.72 Å². The van der Waals surface area contributed by atoms with Crippen molar-refractivity contribution in [1.29, 1.82) is 0 Å². The zero-order valence-electron chi connectivity index (χ0n) is 29.2. The number of aryl methyl sites for hydroxylation is 1. The van der Waals surface area contributed by atoms with Crippen molar-refractivity contribution in [3.05, 3.63) is 65.2 Å². The molecule has 2 saturated carbocycles. The summed E-state index contributed by atoms with van der Waals surface area (Å²) in [7, 11) is 2.43. The number of benzene rings is 2. The van der Waals surface area contributed by atoms with Gasteiger partial charge in [0, 0.05) is 74.6 Å². The van der Waals surface area contributed by atoms with E-state index in [-0.39, 0.29) is 23.3 Å². The standard InChI is InChI=1S/C37H45N7O5S/c1-41(2)50(47,48)40-35(45)25-10-12-28-31(18-25)44-21-37(36(46)43-16-14-24(15-17-43)34-39-38-22-42(34)3)20-30(37)29-19-26(49-4)11-13-27(29)33(44)32(28)23-8-6-5-7-9-23/h10-13,18-19,22-24,30H,5-9,14-17,20-21H2,1-4H3,(H,40,45). The van der Waals surface area contributed by atoms with Gasteiger partial charge in [0.05, 0.1) is 18.2 Å². The number of likely N-dealkylation sites (tertiary alicyclic amines) is 1. The molecule has 2 aliphatic heterocycles. The summed E-state index contributed by atoms with van der Waals surface area (Å²) >= 11 is 0. The molecule has 3 fully saturated rings. The molecule has 8 rings (SSSR count). The van der Waals surface area contributed by atoms with Gasteiger partial charge in [-0.15, -0.1) is 10.2 Å². The second kappa shape index (κ2) is 12.2. The van der Waals surface area contributed by atoms with Gasteiger partial charge in [0.15, 0.2) is 0 Å². The average Bonchev–Trinajstić information content (AvgIpc) is 3.59. The first-order valence-corrected chi connectivity index (χ1v) is 19.2. The lowest BCUT2D eigenvalue weighted by Gasteiger charge is -2.34. The molecule has 2 atom stereocenters. The molecule has 4 aromatic rings. The van der Waals surface area contributed by atoms with Crippen molar-refractivity contribution >= 4 is 32.9 Å². The number of nitrogens with one attached hydrogen (secondary N) is 1. The topological polar surface area (TPSA) is 132 Å². The van der Waals surface area contributed by atoms with Crippen LogP contribution in [0, 0.1) is 5.41 Å². The third-order valence-electron chi connectivity index (χ3n) is 11.8. The monoisotopic (exact) mass is 699 g/mol. The van der Waals surface area contributed by atoms with Crippen LogP contribution < -0.4 is 9.46 Å². The largest absolute Gasteiger partial charge is 0.497 e. The average molecular weight is 700 g/mol. The van der Waals surface area contributed by atoms with Crippen molar-refractivity contribution in [3.63, 3.8) is 0 Å². The molecule has 1 saturated heterocycles. The molecule has 2 unspecified atom stereocenters. The predicted molar refractivity (Wildman–Crippen MR) is 189 cm³/mol. The number of amides is 2. The summed E-state index contributed by atoms with van der Waals surface area (Å²) in [5.74, 6) is 1.85. The third-order valence-corrected chi connectivity index (χ3v) is 13.2. The molecule has 1 N–H and O–H groups in total. The number of rotatable bonds is 7. The molecule has 50 heavy (non-hydrogen) atoms. The minimum atomic E-state index is -3.98. The lowest BCUT2D eigenvalue weighted by molar-refractivity contribution is -0.138. The Morgan fingerprint density at radius 1 is 1.00 bits per heavy atom. The highest BCUT2D eigenvalue weighted by Crippen LogP contribution is 2.66. The van der Waals surface area contributed by atoms with Gasteiger partial charge >= 0.3 is 10.2 Å². The van der Waals surface area contributed by atoms with Crippen molar-refractivity contribution in [2.45, 2.75) is 75.7 Å². The van der Waals surface area contributed by atoms with Gasteiger partial charge in [-0.1, -0.05) is 25.3 Å². The molecule has 0 bridgehead atoms. The van der Waals surface area contributed by atoms with Gasteiger partial charge in [0.25, 0.3) is 5.91 Å². The van der Waals surface area contributed by atoms with Crippen LogP contribution in [0.15, 0.2) is 42.7 Å². The Hall–Kier alpha value is -4.23. The van der Waals surface area contributed by atoms with E-state index in [0.29, 0.717) is 25.6 Å². The molecule has 4 heterocycles. The molecule has 0 radical (unpaired) electrons. The summed E-state index contributed by atoms with van der Waals surface area (Å²) in [6, 6.07) is 11.8. The highest BCUT2D eigenvalue weighted by Gasteiger charge is 2.64. The van der Waals surface area contributed by atoms with Gasteiger partial charge in [-0.2, -0.15) is 12.7 Å². The number of methoxy groups -OCH3 is 1. The zero-order chi connectivity index (χ0) is 34.9. The Balaban J connectivity index is 1.25. The number of carbonyl (C=O) groups is 2. The maximum absolute atomic E-state index is 14.9. The van der Waals surface area contributed by atoms with E-state index in [0.717, 1.165) is 88.5 Å². The first kappa shape index (κ1) is 32.9. The van der Waals surface area contributed by atoms with Crippen molar-refractivity contribution in [2.24, 2.45) is 12.5 Å². The summed E-state index contributed by atoms with van der Waals surface area (Å²) in [6.07, 6.45) is 9.82. The minimum Gasteiger partial charge on any atom is -0.497 e. The molecule has 4 aliphatic rings. The van der Waals surface area contributed by atoms with E-state index < -0.39 is 21.5 Å². The fourth-order valence-electron chi connectivity index (χ4n) is 9.01. The van der Waals surface area contributed by atoms with Crippen molar-refractivity contribution in [3.8, 4) is 17.0 Å². The molecular weight excluding hydrogens is 655 g/mol. The fourth-order valence-corrected chi connectivity index (χ4v) is 9.54. The van der Waals surface area contributed by atoms with E-state index in [4.69, 9.17) is 4.74 Å². The lowest BCUT2D eigenvalue weighted by Crippen LogP contribution is -2.44. The number of ether oxygens (including phenoxy) is 1. The van der Waals surface area contributed by atoms with Crippen molar-refractivity contribution < 1.29 is 22.7 Å². The second-order valence-electron chi connectivity index (χ2n) is 14.9. The lowest BCUT2D eigenvalue weighted by atomic mass is 9.81. The molecule has 2 amide bonds. The van der Waals surface area contributed by atoms with E-state index in [9.17, 15) is 18.0 Å².